The van der Waals surface area contributed by atoms with Crippen LogP contribution >= 0.6 is 0 Å². The van der Waals surface area contributed by atoms with Gasteiger partial charge >= 0.3 is 6.03 Å². The van der Waals surface area contributed by atoms with E-state index >= 15 is 0 Å². The molecule has 2 aromatic carbocycles. The van der Waals surface area contributed by atoms with Gasteiger partial charge in [0.1, 0.15) is 17.2 Å². The topological polar surface area (TPSA) is 85.6 Å². The summed E-state index contributed by atoms with van der Waals surface area (Å²) in [6.45, 7) is 2.81. The number of amides is 2. The zero-order valence-corrected chi connectivity index (χ0v) is 14.7. The Kier molecular flexibility index (Phi) is 6.95. The van der Waals surface area contributed by atoms with Crippen molar-refractivity contribution in [3.05, 3.63) is 42.5 Å². The number of unbranched alkanes of at least 4 members (excludes halogenated alkanes) is 2. The predicted molar refractivity (Wildman–Crippen MR) is 100 cm³/mol. The van der Waals surface area contributed by atoms with Crippen molar-refractivity contribution in [2.24, 2.45) is 0 Å². The number of nitrogens with two attached hydrogens (primary N) is 1. The van der Waals surface area contributed by atoms with Gasteiger partial charge in [0.2, 0.25) is 0 Å². The molecular formula is C19H25N3O3. The molecule has 0 saturated carbocycles. The summed E-state index contributed by atoms with van der Waals surface area (Å²) >= 11 is 0. The summed E-state index contributed by atoms with van der Waals surface area (Å²) in [6.07, 6.45) is 3.23. The van der Waals surface area contributed by atoms with Crippen molar-refractivity contribution < 1.29 is 14.3 Å². The average Bonchev–Trinajstić information content (AvgIpc) is 2.62. The molecule has 134 valence electrons. The molecule has 0 aliphatic heterocycles. The lowest BCUT2D eigenvalue weighted by Crippen LogP contribution is -2.29. The Labute approximate surface area is 148 Å². The third-order valence-electron chi connectivity index (χ3n) is 3.62. The highest BCUT2D eigenvalue weighted by atomic mass is 16.5. The zero-order chi connectivity index (χ0) is 18.1. The number of rotatable bonds is 8. The minimum Gasteiger partial charge on any atom is -0.494 e. The fraction of sp³-hybridized carbons (Fsp3) is 0.316. The molecule has 0 aliphatic carbocycles. The molecule has 2 aromatic rings. The first-order chi connectivity index (χ1) is 12.1. The Morgan fingerprint density at radius 3 is 2.48 bits per heavy atom. The van der Waals surface area contributed by atoms with Gasteiger partial charge in [0.05, 0.1) is 12.8 Å². The van der Waals surface area contributed by atoms with Crippen molar-refractivity contribution in [3.8, 4) is 17.2 Å². The van der Waals surface area contributed by atoms with Crippen LogP contribution in [0, 0.1) is 0 Å². The Bertz CT molecular complexity index is 687. The van der Waals surface area contributed by atoms with Crippen molar-refractivity contribution >= 4 is 17.4 Å². The lowest BCUT2D eigenvalue weighted by atomic mass is 10.2. The van der Waals surface area contributed by atoms with E-state index in [1.54, 1.807) is 49.6 Å². The molecule has 0 bridgehead atoms. The Morgan fingerprint density at radius 2 is 1.80 bits per heavy atom. The number of nitrogen functional groups attached to an aromatic ring is 1. The molecule has 6 nitrogen and oxygen atoms in total. The zero-order valence-electron chi connectivity index (χ0n) is 14.7. The van der Waals surface area contributed by atoms with Crippen LogP contribution in [-0.4, -0.2) is 19.7 Å². The van der Waals surface area contributed by atoms with Gasteiger partial charge in [0, 0.05) is 18.3 Å². The maximum Gasteiger partial charge on any atom is 0.319 e. The minimum atomic E-state index is -0.201. The SMILES string of the molecule is CCCCCNC(=O)Nc1ccc(Oc2ccc(N)c(OC)c2)cc1. The van der Waals surface area contributed by atoms with Gasteiger partial charge in [-0.1, -0.05) is 19.8 Å². The first kappa shape index (κ1) is 18.4. The lowest BCUT2D eigenvalue weighted by Gasteiger charge is -2.10. The van der Waals surface area contributed by atoms with Gasteiger partial charge in [-0.25, -0.2) is 4.79 Å². The van der Waals surface area contributed by atoms with E-state index in [0.29, 0.717) is 35.2 Å². The van der Waals surface area contributed by atoms with Crippen molar-refractivity contribution in [1.82, 2.24) is 5.32 Å². The number of nitrogens with one attached hydrogen (secondary N) is 2. The van der Waals surface area contributed by atoms with Crippen LogP contribution in [0.25, 0.3) is 0 Å². The number of hydrogen-bond acceptors (Lipinski definition) is 4. The fourth-order valence-corrected chi connectivity index (χ4v) is 2.25. The van der Waals surface area contributed by atoms with E-state index in [-0.39, 0.29) is 6.03 Å². The van der Waals surface area contributed by atoms with Gasteiger partial charge in [0.25, 0.3) is 0 Å². The molecule has 0 spiro atoms. The van der Waals surface area contributed by atoms with Crippen LogP contribution in [-0.2, 0) is 0 Å². The molecule has 0 aromatic heterocycles. The minimum absolute atomic E-state index is 0.201. The van der Waals surface area contributed by atoms with E-state index in [9.17, 15) is 4.79 Å². The normalized spacial score (nSPS) is 10.2. The second-order valence-corrected chi connectivity index (χ2v) is 5.62. The van der Waals surface area contributed by atoms with Gasteiger partial charge in [-0.15, -0.1) is 0 Å². The first-order valence-electron chi connectivity index (χ1n) is 8.38. The van der Waals surface area contributed by atoms with Crippen LogP contribution in [0.4, 0.5) is 16.2 Å². The van der Waals surface area contributed by atoms with E-state index in [0.717, 1.165) is 19.3 Å². The molecule has 2 rings (SSSR count). The molecule has 2 amide bonds. The highest BCUT2D eigenvalue weighted by Crippen LogP contribution is 2.30. The molecule has 0 radical (unpaired) electrons. The molecule has 0 saturated heterocycles. The monoisotopic (exact) mass is 343 g/mol. The Morgan fingerprint density at radius 1 is 1.08 bits per heavy atom. The van der Waals surface area contributed by atoms with Crippen LogP contribution in [0.3, 0.4) is 0 Å². The maximum atomic E-state index is 11.8. The van der Waals surface area contributed by atoms with Crippen LogP contribution in [0.1, 0.15) is 26.2 Å². The number of carbonyl (C=O) groups excluding carboxylic acids is 1. The third kappa shape index (κ3) is 5.91. The van der Waals surface area contributed by atoms with Gasteiger partial charge in [-0.05, 0) is 42.8 Å². The molecule has 6 heteroatoms. The van der Waals surface area contributed by atoms with E-state index in [1.165, 1.54) is 0 Å². The molecule has 0 fully saturated rings. The summed E-state index contributed by atoms with van der Waals surface area (Å²) in [5, 5.41) is 5.62. The second-order valence-electron chi connectivity index (χ2n) is 5.62. The van der Waals surface area contributed by atoms with E-state index in [1.807, 2.05) is 0 Å². The van der Waals surface area contributed by atoms with Gasteiger partial charge in [-0.3, -0.25) is 0 Å². The summed E-state index contributed by atoms with van der Waals surface area (Å²) in [4.78, 5) is 11.8. The second kappa shape index (κ2) is 9.42. The number of anilines is 2. The van der Waals surface area contributed by atoms with E-state index < -0.39 is 0 Å². The van der Waals surface area contributed by atoms with Crippen molar-refractivity contribution in [1.29, 1.82) is 0 Å². The first-order valence-corrected chi connectivity index (χ1v) is 8.38. The number of methoxy groups -OCH3 is 1. The summed E-state index contributed by atoms with van der Waals surface area (Å²) in [6, 6.07) is 12.2. The van der Waals surface area contributed by atoms with Crippen LogP contribution < -0.4 is 25.8 Å². The Hall–Kier alpha value is -2.89. The highest BCUT2D eigenvalue weighted by Gasteiger charge is 2.05. The molecular weight excluding hydrogens is 318 g/mol. The molecule has 4 N–H and O–H groups in total. The van der Waals surface area contributed by atoms with E-state index in [4.69, 9.17) is 15.2 Å². The van der Waals surface area contributed by atoms with Crippen molar-refractivity contribution in [2.75, 3.05) is 24.7 Å². The number of carbonyl (C=O) groups is 1. The quantitative estimate of drug-likeness (QED) is 0.490. The number of hydrogen-bond donors (Lipinski definition) is 3. The van der Waals surface area contributed by atoms with Crippen molar-refractivity contribution in [2.45, 2.75) is 26.2 Å². The smallest absolute Gasteiger partial charge is 0.319 e. The lowest BCUT2D eigenvalue weighted by molar-refractivity contribution is 0.252. The largest absolute Gasteiger partial charge is 0.494 e. The Balaban J connectivity index is 1.88. The van der Waals surface area contributed by atoms with Crippen LogP contribution in [0.15, 0.2) is 42.5 Å². The molecule has 0 atom stereocenters. The number of benzene rings is 2. The van der Waals surface area contributed by atoms with Gasteiger partial charge < -0.3 is 25.8 Å². The maximum absolute atomic E-state index is 11.8. The van der Waals surface area contributed by atoms with Crippen molar-refractivity contribution in [3.63, 3.8) is 0 Å². The summed E-state index contributed by atoms with van der Waals surface area (Å²) < 4.78 is 10.9. The number of ether oxygens (including phenoxy) is 2. The molecule has 25 heavy (non-hydrogen) atoms. The van der Waals surface area contributed by atoms with Gasteiger partial charge in [0.15, 0.2) is 0 Å². The summed E-state index contributed by atoms with van der Waals surface area (Å²) in [5.41, 5.74) is 7.04. The number of urea groups is 1. The summed E-state index contributed by atoms with van der Waals surface area (Å²) in [5.74, 6) is 1.84. The highest BCUT2D eigenvalue weighted by molar-refractivity contribution is 5.89. The standard InChI is InChI=1S/C19H25N3O3/c1-3-4-5-12-21-19(23)22-14-6-8-15(9-7-14)25-16-10-11-17(20)18(13-16)24-2/h6-11,13H,3-5,12,20H2,1-2H3,(H2,21,22,23). The third-order valence-corrected chi connectivity index (χ3v) is 3.62. The predicted octanol–water partition coefficient (Wildman–Crippen LogP) is 4.38. The fourth-order valence-electron chi connectivity index (χ4n) is 2.25. The van der Waals surface area contributed by atoms with Crippen LogP contribution in [0.5, 0.6) is 17.2 Å². The molecule has 0 aliphatic rings. The van der Waals surface area contributed by atoms with E-state index in [2.05, 4.69) is 17.6 Å². The molecule has 0 unspecified atom stereocenters. The van der Waals surface area contributed by atoms with Crippen LogP contribution in [0.2, 0.25) is 0 Å². The molecule has 0 heterocycles. The summed E-state index contributed by atoms with van der Waals surface area (Å²) in [7, 11) is 1.56. The van der Waals surface area contributed by atoms with Gasteiger partial charge in [-0.2, -0.15) is 0 Å². The average molecular weight is 343 g/mol.